The van der Waals surface area contributed by atoms with E-state index in [2.05, 4.69) is 74.0 Å². The Morgan fingerprint density at radius 2 is 1.72 bits per heavy atom. The third kappa shape index (κ3) is 7.80. The molecule has 9 rings (SSSR count). The second kappa shape index (κ2) is 17.5. The molecule has 0 radical (unpaired) electrons. The van der Waals surface area contributed by atoms with Crippen LogP contribution >= 0.6 is 0 Å². The standard InChI is InChI=1S/C55H76N2O8/c1-7-22-55(64)24-21-43-40-15-11-34-27-37(58)14-16-39(34)49(40)41(31-53(43,55)4)33-9-12-36(13-10-33)57(6)26-25-56-51(63)65-46-29-35-28-38(59)20-23-52(35,3)45-30-47(60)54(5)42(17-18-44(54)50(45)46)32(2)8-19-48(61)62/h9-10,12-13,27,32,35,38,40-47,50,59-60,64H,8,11,14-21,23-26,28-31H2,1-6H3,(H,56,63)(H,61,62)/t32-,35+,38-,40+,41-,42-,43+,44+,45+,46-,47+,50+,52+,53+,54-,55+/m1/s1. The molecule has 1 aromatic carbocycles. The number of allylic oxidation sites excluding steroid dienone is 4. The number of anilines is 1. The largest absolute Gasteiger partial charge is 0.481 e. The van der Waals surface area contributed by atoms with Crippen LogP contribution < -0.4 is 10.2 Å². The topological polar surface area (TPSA) is 157 Å². The van der Waals surface area contributed by atoms with Crippen molar-refractivity contribution >= 4 is 23.5 Å². The quantitative estimate of drug-likeness (QED) is 0.145. The van der Waals surface area contributed by atoms with E-state index in [4.69, 9.17) is 4.74 Å². The molecule has 5 N–H and O–H groups in total. The minimum absolute atomic E-state index is 0.0548. The smallest absolute Gasteiger partial charge is 0.407 e. The lowest BCUT2D eigenvalue weighted by atomic mass is 9.43. The number of amides is 1. The van der Waals surface area contributed by atoms with E-state index >= 15 is 0 Å². The Kier molecular flexibility index (Phi) is 12.5. The van der Waals surface area contributed by atoms with Crippen molar-refractivity contribution in [2.75, 3.05) is 25.0 Å². The minimum atomic E-state index is -1.02. The fourth-order valence-electron chi connectivity index (χ4n) is 16.8. The Labute approximate surface area is 387 Å². The van der Waals surface area contributed by atoms with E-state index in [0.29, 0.717) is 63.5 Å². The average Bonchev–Trinajstić information content (AvgIpc) is 3.76. The number of hydrogen-bond acceptors (Lipinski definition) is 8. The van der Waals surface area contributed by atoms with Gasteiger partial charge in [-0.1, -0.05) is 51.3 Å². The van der Waals surface area contributed by atoms with Gasteiger partial charge < -0.3 is 35.4 Å². The zero-order valence-corrected chi connectivity index (χ0v) is 39.9. The number of carbonyl (C=O) groups is 3. The molecule has 6 fully saturated rings. The van der Waals surface area contributed by atoms with E-state index in [9.17, 15) is 34.8 Å². The SMILES string of the molecule is CC#C[C@]1(O)CC[C@H]2[C@@H]3CCC4=CC(=O)CCC4=C3[C@@H](c3ccc(N(C)CCNC(=O)O[C@@H]4C[C@@H]5C[C@H](O)CC[C@]5(C)[C@H]5C[C@H](O)[C@]6(C)[C@@H]([C@H](C)CCC(=O)O)CC[C@H]6[C@H]45)cc3)C[C@@]21C. The van der Waals surface area contributed by atoms with Crippen molar-refractivity contribution in [3.05, 3.63) is 52.6 Å². The second-order valence-corrected chi connectivity index (χ2v) is 23.0. The fraction of sp³-hybridized carbons (Fsp3) is 0.727. The van der Waals surface area contributed by atoms with Crippen LogP contribution in [0, 0.1) is 75.4 Å². The molecule has 10 heteroatoms. The molecule has 0 aliphatic heterocycles. The number of ketones is 1. The number of nitrogens with zero attached hydrogens (tertiary/aromatic N) is 1. The third-order valence-corrected chi connectivity index (χ3v) is 20.2. The summed E-state index contributed by atoms with van der Waals surface area (Å²) in [6.45, 7) is 11.8. The molecule has 8 aliphatic carbocycles. The summed E-state index contributed by atoms with van der Waals surface area (Å²) in [4.78, 5) is 40.1. The van der Waals surface area contributed by atoms with Gasteiger partial charge in [0.05, 0.1) is 12.2 Å². The summed E-state index contributed by atoms with van der Waals surface area (Å²) in [5.41, 5.74) is 4.58. The number of rotatable bonds is 10. The van der Waals surface area contributed by atoms with Crippen molar-refractivity contribution in [1.82, 2.24) is 5.32 Å². The summed E-state index contributed by atoms with van der Waals surface area (Å²) in [5.74, 6) is 7.59. The molecule has 0 unspecified atom stereocenters. The zero-order valence-electron chi connectivity index (χ0n) is 39.9. The maximum Gasteiger partial charge on any atom is 0.407 e. The monoisotopic (exact) mass is 893 g/mol. The minimum Gasteiger partial charge on any atom is -0.481 e. The first-order valence-electron chi connectivity index (χ1n) is 25.4. The van der Waals surface area contributed by atoms with E-state index in [1.54, 1.807) is 0 Å². The summed E-state index contributed by atoms with van der Waals surface area (Å²) < 4.78 is 6.52. The molecule has 10 nitrogen and oxygen atoms in total. The number of benzene rings is 1. The lowest BCUT2D eigenvalue weighted by Crippen LogP contribution is -2.63. The molecule has 1 aromatic rings. The first-order valence-corrected chi connectivity index (χ1v) is 25.4. The van der Waals surface area contributed by atoms with E-state index in [-0.39, 0.29) is 82.1 Å². The van der Waals surface area contributed by atoms with Crippen LogP contribution in [0.1, 0.15) is 149 Å². The first-order chi connectivity index (χ1) is 30.9. The molecule has 0 heterocycles. The first kappa shape index (κ1) is 46.5. The molecule has 16 atom stereocenters. The summed E-state index contributed by atoms with van der Waals surface area (Å²) >= 11 is 0. The van der Waals surface area contributed by atoms with Gasteiger partial charge in [0.2, 0.25) is 0 Å². The van der Waals surface area contributed by atoms with Gasteiger partial charge in [-0.2, -0.15) is 0 Å². The number of likely N-dealkylation sites (N-methyl/N-ethyl adjacent to an activating group) is 1. The van der Waals surface area contributed by atoms with Crippen molar-refractivity contribution in [2.45, 2.75) is 167 Å². The van der Waals surface area contributed by atoms with Gasteiger partial charge in [-0.15, -0.1) is 5.92 Å². The lowest BCUT2D eigenvalue weighted by Gasteiger charge is -2.63. The third-order valence-electron chi connectivity index (χ3n) is 20.2. The number of aliphatic hydroxyl groups excluding tert-OH is 2. The summed E-state index contributed by atoms with van der Waals surface area (Å²) in [6, 6.07) is 8.82. The number of carboxylic acid groups (broad SMARTS) is 1. The van der Waals surface area contributed by atoms with Gasteiger partial charge in [0.25, 0.3) is 0 Å². The number of aliphatic hydroxyl groups is 3. The van der Waals surface area contributed by atoms with E-state index in [1.165, 1.54) is 22.3 Å². The molecule has 0 aromatic heterocycles. The molecular weight excluding hydrogens is 817 g/mol. The van der Waals surface area contributed by atoms with Gasteiger partial charge in [0.1, 0.15) is 11.7 Å². The molecular formula is C55H76N2O8. The number of aliphatic carboxylic acids is 1. The van der Waals surface area contributed by atoms with Crippen LogP contribution in [-0.4, -0.2) is 82.3 Å². The Balaban J connectivity index is 0.888. The van der Waals surface area contributed by atoms with Crippen molar-refractivity contribution in [3.8, 4) is 11.8 Å². The van der Waals surface area contributed by atoms with Crippen LogP contribution in [0.5, 0.6) is 0 Å². The Hall–Kier alpha value is -3.65. The molecule has 8 aliphatic rings. The van der Waals surface area contributed by atoms with Gasteiger partial charge in [0, 0.05) is 55.9 Å². The Bertz CT molecular complexity index is 2160. The van der Waals surface area contributed by atoms with Crippen molar-refractivity contribution in [2.24, 2.45) is 63.6 Å². The summed E-state index contributed by atoms with van der Waals surface area (Å²) in [6.07, 6.45) is 12.3. The van der Waals surface area contributed by atoms with Crippen molar-refractivity contribution < 1.29 is 39.5 Å². The molecule has 6 saturated carbocycles. The maximum absolute atomic E-state index is 13.9. The van der Waals surface area contributed by atoms with Gasteiger partial charge in [-0.25, -0.2) is 4.79 Å². The van der Waals surface area contributed by atoms with Crippen LogP contribution in [0.2, 0.25) is 0 Å². The van der Waals surface area contributed by atoms with Crippen LogP contribution in [-0.2, 0) is 14.3 Å². The Morgan fingerprint density at radius 3 is 2.46 bits per heavy atom. The number of ether oxygens (including phenoxy) is 1. The number of alkyl carbamates (subject to hydrolysis) is 1. The van der Waals surface area contributed by atoms with E-state index < -0.39 is 23.8 Å². The van der Waals surface area contributed by atoms with Gasteiger partial charge >= 0.3 is 12.1 Å². The summed E-state index contributed by atoms with van der Waals surface area (Å²) in [5, 5.41) is 47.6. The van der Waals surface area contributed by atoms with Crippen LogP contribution in [0.4, 0.5) is 10.5 Å². The lowest BCUT2D eigenvalue weighted by molar-refractivity contribution is -0.206. The van der Waals surface area contributed by atoms with E-state index in [1.807, 2.05) is 20.0 Å². The summed E-state index contributed by atoms with van der Waals surface area (Å²) in [7, 11) is 2.04. The van der Waals surface area contributed by atoms with Gasteiger partial charge in [0.15, 0.2) is 5.78 Å². The van der Waals surface area contributed by atoms with Crippen molar-refractivity contribution in [1.29, 1.82) is 0 Å². The number of carbonyl (C=O) groups excluding carboxylic acids is 2. The van der Waals surface area contributed by atoms with Crippen molar-refractivity contribution in [3.63, 3.8) is 0 Å². The number of hydrogen-bond donors (Lipinski definition) is 5. The van der Waals surface area contributed by atoms with E-state index in [0.717, 1.165) is 63.5 Å². The van der Waals surface area contributed by atoms with Gasteiger partial charge in [-0.3, -0.25) is 9.59 Å². The zero-order chi connectivity index (χ0) is 46.2. The predicted molar refractivity (Wildman–Crippen MR) is 251 cm³/mol. The molecule has 0 bridgehead atoms. The molecule has 65 heavy (non-hydrogen) atoms. The van der Waals surface area contributed by atoms with Crippen LogP contribution in [0.15, 0.2) is 47.1 Å². The average molecular weight is 893 g/mol. The highest BCUT2D eigenvalue weighted by Gasteiger charge is 2.67. The number of nitrogens with one attached hydrogen (secondary N) is 1. The van der Waals surface area contributed by atoms with Crippen LogP contribution in [0.25, 0.3) is 0 Å². The Morgan fingerprint density at radius 1 is 0.954 bits per heavy atom. The highest BCUT2D eigenvalue weighted by molar-refractivity contribution is 5.93. The molecule has 0 spiro atoms. The highest BCUT2D eigenvalue weighted by atomic mass is 16.6. The molecule has 1 amide bonds. The maximum atomic E-state index is 13.9. The highest BCUT2D eigenvalue weighted by Crippen LogP contribution is 2.70. The van der Waals surface area contributed by atoms with Crippen LogP contribution in [0.3, 0.4) is 0 Å². The molecule has 354 valence electrons. The normalized spacial score (nSPS) is 42.1. The molecule has 0 saturated heterocycles. The van der Waals surface area contributed by atoms with Gasteiger partial charge in [-0.05, 0) is 184 Å². The fourth-order valence-corrected chi connectivity index (χ4v) is 16.8. The second-order valence-electron chi connectivity index (χ2n) is 23.0. The predicted octanol–water partition coefficient (Wildman–Crippen LogP) is 8.97. The number of fused-ring (bicyclic) bond motifs is 9. The number of carboxylic acids is 1.